The topological polar surface area (TPSA) is 33.7 Å². The Labute approximate surface area is 130 Å². The first kappa shape index (κ1) is 17.2. The molecule has 0 saturated carbocycles. The van der Waals surface area contributed by atoms with Crippen LogP contribution in [0.25, 0.3) is 0 Å². The first-order chi connectivity index (χ1) is 9.76. The summed E-state index contributed by atoms with van der Waals surface area (Å²) in [6.07, 6.45) is 4.15. The molecule has 3 atom stereocenters. The van der Waals surface area contributed by atoms with Crippen molar-refractivity contribution in [2.75, 3.05) is 33.8 Å². The van der Waals surface area contributed by atoms with Crippen molar-refractivity contribution in [2.45, 2.75) is 70.3 Å². The molecule has 4 nitrogen and oxygen atoms in total. The Morgan fingerprint density at radius 3 is 2.38 bits per heavy atom. The van der Waals surface area contributed by atoms with Gasteiger partial charge < -0.3 is 19.7 Å². The molecular weight excluding hydrogens is 264 g/mol. The van der Waals surface area contributed by atoms with Crippen LogP contribution in [0.2, 0.25) is 0 Å². The first-order valence-corrected chi connectivity index (χ1v) is 8.44. The number of hydrogen-bond donors (Lipinski definition) is 1. The van der Waals surface area contributed by atoms with Crippen LogP contribution < -0.4 is 5.32 Å². The summed E-state index contributed by atoms with van der Waals surface area (Å²) in [7, 11) is 4.26. The lowest BCUT2D eigenvalue weighted by Gasteiger charge is -2.34. The highest BCUT2D eigenvalue weighted by atomic mass is 16.5. The molecule has 4 heteroatoms. The summed E-state index contributed by atoms with van der Waals surface area (Å²) in [4.78, 5) is 2.43. The summed E-state index contributed by atoms with van der Waals surface area (Å²) in [6.45, 7) is 11.8. The van der Waals surface area contributed by atoms with Crippen molar-refractivity contribution in [3.63, 3.8) is 0 Å². The van der Waals surface area contributed by atoms with E-state index in [0.717, 1.165) is 19.7 Å². The van der Waals surface area contributed by atoms with Gasteiger partial charge in [-0.05, 0) is 61.1 Å². The lowest BCUT2D eigenvalue weighted by molar-refractivity contribution is -0.0801. The predicted molar refractivity (Wildman–Crippen MR) is 86.7 cm³/mol. The quantitative estimate of drug-likeness (QED) is 0.844. The van der Waals surface area contributed by atoms with Crippen molar-refractivity contribution in [1.29, 1.82) is 0 Å². The highest BCUT2D eigenvalue weighted by Crippen LogP contribution is 2.42. The number of rotatable bonds is 5. The Bertz CT molecular complexity index is 338. The van der Waals surface area contributed by atoms with E-state index in [9.17, 15) is 0 Å². The molecule has 2 rings (SSSR count). The van der Waals surface area contributed by atoms with Gasteiger partial charge in [-0.3, -0.25) is 0 Å². The Morgan fingerprint density at radius 2 is 1.81 bits per heavy atom. The van der Waals surface area contributed by atoms with Gasteiger partial charge >= 0.3 is 0 Å². The van der Waals surface area contributed by atoms with Crippen LogP contribution in [0.5, 0.6) is 0 Å². The van der Waals surface area contributed by atoms with E-state index in [0.29, 0.717) is 18.1 Å². The molecule has 124 valence electrons. The summed E-state index contributed by atoms with van der Waals surface area (Å²) >= 11 is 0. The monoisotopic (exact) mass is 298 g/mol. The molecule has 0 aromatic heterocycles. The fraction of sp³-hybridized carbons (Fsp3) is 1.00. The maximum absolute atomic E-state index is 6.32. The lowest BCUT2D eigenvalue weighted by Crippen LogP contribution is -2.50. The lowest BCUT2D eigenvalue weighted by atomic mass is 9.82. The fourth-order valence-corrected chi connectivity index (χ4v) is 4.29. The van der Waals surface area contributed by atoms with E-state index in [1.165, 1.54) is 19.3 Å². The molecule has 0 amide bonds. The summed E-state index contributed by atoms with van der Waals surface area (Å²) in [5.74, 6) is 0.478. The molecule has 0 radical (unpaired) electrons. The first-order valence-electron chi connectivity index (χ1n) is 8.44. The number of nitrogens with zero attached hydrogens (tertiary/aromatic N) is 1. The zero-order valence-corrected chi connectivity index (χ0v) is 14.7. The van der Waals surface area contributed by atoms with Gasteiger partial charge in [0.2, 0.25) is 0 Å². The third kappa shape index (κ3) is 3.98. The molecule has 0 spiro atoms. The third-order valence-electron chi connectivity index (χ3n) is 5.18. The smallest absolute Gasteiger partial charge is 0.0790 e. The summed E-state index contributed by atoms with van der Waals surface area (Å²) in [5, 5.41) is 3.49. The van der Waals surface area contributed by atoms with Crippen LogP contribution in [-0.4, -0.2) is 62.0 Å². The molecular formula is C17H34N2O2. The minimum atomic E-state index is -0.120. The van der Waals surface area contributed by atoms with Gasteiger partial charge in [-0.2, -0.15) is 0 Å². The van der Waals surface area contributed by atoms with Crippen molar-refractivity contribution in [3.05, 3.63) is 0 Å². The largest absolute Gasteiger partial charge is 0.377 e. The Hall–Kier alpha value is -0.160. The molecule has 2 aliphatic rings. The minimum Gasteiger partial charge on any atom is -0.377 e. The van der Waals surface area contributed by atoms with Gasteiger partial charge in [0, 0.05) is 31.7 Å². The van der Waals surface area contributed by atoms with E-state index in [4.69, 9.17) is 9.47 Å². The van der Waals surface area contributed by atoms with Gasteiger partial charge in [0.15, 0.2) is 0 Å². The number of likely N-dealkylation sites (N-methyl/N-ethyl adjacent to an activating group) is 2. The number of ether oxygens (including phenoxy) is 2. The molecule has 3 unspecified atom stereocenters. The fourth-order valence-electron chi connectivity index (χ4n) is 4.29. The molecule has 0 aromatic carbocycles. The maximum Gasteiger partial charge on any atom is 0.0790 e. The van der Waals surface area contributed by atoms with E-state index in [1.807, 2.05) is 0 Å². The van der Waals surface area contributed by atoms with Crippen LogP contribution in [0, 0.1) is 5.92 Å². The Morgan fingerprint density at radius 1 is 1.10 bits per heavy atom. The molecule has 2 fully saturated rings. The van der Waals surface area contributed by atoms with E-state index < -0.39 is 0 Å². The van der Waals surface area contributed by atoms with E-state index >= 15 is 0 Å². The second-order valence-electron chi connectivity index (χ2n) is 7.89. The van der Waals surface area contributed by atoms with Crippen molar-refractivity contribution in [1.82, 2.24) is 10.2 Å². The predicted octanol–water partition coefficient (Wildman–Crippen LogP) is 2.28. The zero-order chi connectivity index (χ0) is 15.7. The molecule has 2 heterocycles. The van der Waals surface area contributed by atoms with Gasteiger partial charge in [0.05, 0.1) is 17.3 Å². The standard InChI is InChI=1S/C17H34N2O2/c1-16(2)14(15(18-5)17(3,4)21-16)12-19(6)11-13-9-7-8-10-20-13/h13-15,18H,7-12H2,1-6H3. The summed E-state index contributed by atoms with van der Waals surface area (Å²) in [6, 6.07) is 0.377. The second-order valence-corrected chi connectivity index (χ2v) is 7.89. The molecule has 21 heavy (non-hydrogen) atoms. The van der Waals surface area contributed by atoms with Crippen molar-refractivity contribution in [2.24, 2.45) is 5.92 Å². The maximum atomic E-state index is 6.32. The van der Waals surface area contributed by atoms with Crippen LogP contribution in [0.1, 0.15) is 47.0 Å². The zero-order valence-electron chi connectivity index (χ0n) is 14.7. The average Bonchev–Trinajstić information content (AvgIpc) is 2.55. The second kappa shape index (κ2) is 6.53. The van der Waals surface area contributed by atoms with Crippen LogP contribution in [0.3, 0.4) is 0 Å². The number of hydrogen-bond acceptors (Lipinski definition) is 4. The average molecular weight is 298 g/mol. The highest BCUT2D eigenvalue weighted by Gasteiger charge is 2.53. The van der Waals surface area contributed by atoms with E-state index in [1.54, 1.807) is 0 Å². The Kier molecular flexibility index (Phi) is 5.35. The van der Waals surface area contributed by atoms with Crippen molar-refractivity contribution >= 4 is 0 Å². The van der Waals surface area contributed by atoms with Gasteiger partial charge in [-0.1, -0.05) is 0 Å². The summed E-state index contributed by atoms with van der Waals surface area (Å²) in [5.41, 5.74) is -0.218. The van der Waals surface area contributed by atoms with Gasteiger partial charge in [0.25, 0.3) is 0 Å². The third-order valence-corrected chi connectivity index (χ3v) is 5.18. The van der Waals surface area contributed by atoms with Gasteiger partial charge in [-0.25, -0.2) is 0 Å². The molecule has 0 bridgehead atoms. The van der Waals surface area contributed by atoms with E-state index in [-0.39, 0.29) is 11.2 Å². The highest BCUT2D eigenvalue weighted by molar-refractivity contribution is 5.05. The van der Waals surface area contributed by atoms with Crippen LogP contribution in [-0.2, 0) is 9.47 Å². The molecule has 0 aliphatic carbocycles. The van der Waals surface area contributed by atoms with Crippen LogP contribution in [0.15, 0.2) is 0 Å². The molecule has 0 aromatic rings. The van der Waals surface area contributed by atoms with Crippen molar-refractivity contribution in [3.8, 4) is 0 Å². The molecule has 1 N–H and O–H groups in total. The van der Waals surface area contributed by atoms with Crippen molar-refractivity contribution < 1.29 is 9.47 Å². The van der Waals surface area contributed by atoms with Gasteiger partial charge in [0.1, 0.15) is 0 Å². The number of nitrogens with one attached hydrogen (secondary N) is 1. The van der Waals surface area contributed by atoms with Crippen LogP contribution >= 0.6 is 0 Å². The SMILES string of the molecule is CNC1C(CN(C)CC2CCCCO2)C(C)(C)OC1(C)C. The molecule has 2 saturated heterocycles. The minimum absolute atomic E-state index is 0.0984. The van der Waals surface area contributed by atoms with E-state index in [2.05, 4.69) is 52.0 Å². The normalized spacial score (nSPS) is 35.3. The van der Waals surface area contributed by atoms with Gasteiger partial charge in [-0.15, -0.1) is 0 Å². The Balaban J connectivity index is 1.95. The summed E-state index contributed by atoms with van der Waals surface area (Å²) < 4.78 is 12.2. The van der Waals surface area contributed by atoms with Crippen LogP contribution in [0.4, 0.5) is 0 Å². The molecule has 2 aliphatic heterocycles.